The molecule has 0 radical (unpaired) electrons. The standard InChI is InChI=1S/C4H10O8S2/c1-4(12-14(8,9)10)2-3-11-13(5,6)7/h4H,2-3H2,1H3,(H,5,6,7)(H,8,9,10). The van der Waals surface area contributed by atoms with E-state index in [4.69, 9.17) is 9.11 Å². The molecule has 1 atom stereocenters. The van der Waals surface area contributed by atoms with Gasteiger partial charge >= 0.3 is 20.8 Å². The molecule has 0 aliphatic carbocycles. The zero-order valence-electron chi connectivity index (χ0n) is 7.15. The van der Waals surface area contributed by atoms with Crippen LogP contribution < -0.4 is 0 Å². The lowest BCUT2D eigenvalue weighted by atomic mass is 10.3. The molecule has 14 heavy (non-hydrogen) atoms. The van der Waals surface area contributed by atoms with Crippen molar-refractivity contribution in [1.29, 1.82) is 0 Å². The second kappa shape index (κ2) is 5.00. The van der Waals surface area contributed by atoms with Gasteiger partial charge in [-0.15, -0.1) is 0 Å². The Balaban J connectivity index is 3.82. The van der Waals surface area contributed by atoms with Crippen molar-refractivity contribution in [2.75, 3.05) is 6.61 Å². The number of hydrogen-bond donors (Lipinski definition) is 2. The van der Waals surface area contributed by atoms with E-state index in [2.05, 4.69) is 8.37 Å². The Morgan fingerprint density at radius 1 is 1.14 bits per heavy atom. The van der Waals surface area contributed by atoms with E-state index in [0.29, 0.717) is 0 Å². The van der Waals surface area contributed by atoms with Crippen molar-refractivity contribution in [2.45, 2.75) is 19.4 Å². The fraction of sp³-hybridized carbons (Fsp3) is 1.00. The molecule has 1 unspecified atom stereocenters. The van der Waals surface area contributed by atoms with Gasteiger partial charge in [-0.2, -0.15) is 16.8 Å². The maximum absolute atomic E-state index is 10.1. The summed E-state index contributed by atoms with van der Waals surface area (Å²) in [7, 11) is -9.09. The monoisotopic (exact) mass is 250 g/mol. The zero-order chi connectivity index (χ0) is 11.4. The number of rotatable bonds is 6. The summed E-state index contributed by atoms with van der Waals surface area (Å²) in [6.07, 6.45) is -1.08. The maximum atomic E-state index is 10.1. The third-order valence-corrected chi connectivity index (χ3v) is 2.08. The lowest BCUT2D eigenvalue weighted by Crippen LogP contribution is -2.17. The minimum atomic E-state index is -4.56. The molecule has 0 rings (SSSR count). The Kier molecular flexibility index (Phi) is 4.91. The van der Waals surface area contributed by atoms with E-state index in [9.17, 15) is 16.8 Å². The van der Waals surface area contributed by atoms with E-state index in [1.54, 1.807) is 0 Å². The Bertz CT molecular complexity index is 353. The smallest absolute Gasteiger partial charge is 0.264 e. The Labute approximate surface area is 81.7 Å². The lowest BCUT2D eigenvalue weighted by Gasteiger charge is -2.08. The van der Waals surface area contributed by atoms with E-state index in [1.807, 2.05) is 0 Å². The first-order chi connectivity index (χ1) is 6.10. The fourth-order valence-electron chi connectivity index (χ4n) is 0.575. The van der Waals surface area contributed by atoms with Gasteiger partial charge in [0.1, 0.15) is 0 Å². The molecule has 0 aromatic heterocycles. The van der Waals surface area contributed by atoms with E-state index in [-0.39, 0.29) is 6.42 Å². The Hall–Kier alpha value is -0.260. The first-order valence-electron chi connectivity index (χ1n) is 3.38. The van der Waals surface area contributed by atoms with E-state index in [0.717, 1.165) is 0 Å². The molecule has 10 heteroatoms. The summed E-state index contributed by atoms with van der Waals surface area (Å²) in [6.45, 7) is 0.830. The van der Waals surface area contributed by atoms with Crippen LogP contribution in [0.4, 0.5) is 0 Å². The van der Waals surface area contributed by atoms with Crippen LogP contribution in [0.25, 0.3) is 0 Å². The highest BCUT2D eigenvalue weighted by molar-refractivity contribution is 7.81. The quantitative estimate of drug-likeness (QED) is 0.598. The molecule has 8 nitrogen and oxygen atoms in total. The third-order valence-electron chi connectivity index (χ3n) is 1.04. The molecule has 2 N–H and O–H groups in total. The number of hydrogen-bond acceptors (Lipinski definition) is 6. The molecule has 0 bridgehead atoms. The highest BCUT2D eigenvalue weighted by Gasteiger charge is 2.13. The molecular weight excluding hydrogens is 240 g/mol. The maximum Gasteiger partial charge on any atom is 0.397 e. The van der Waals surface area contributed by atoms with Gasteiger partial charge in [0, 0.05) is 0 Å². The van der Waals surface area contributed by atoms with Crippen molar-refractivity contribution < 1.29 is 34.3 Å². The summed E-state index contributed by atoms with van der Waals surface area (Å²) in [6, 6.07) is 0. The fourth-order valence-corrected chi connectivity index (χ4v) is 1.39. The molecule has 0 aliphatic heterocycles. The summed E-state index contributed by atoms with van der Waals surface area (Å²) in [5.74, 6) is 0. The van der Waals surface area contributed by atoms with E-state index >= 15 is 0 Å². The largest absolute Gasteiger partial charge is 0.397 e. The summed E-state index contributed by atoms with van der Waals surface area (Å²) in [5.41, 5.74) is 0. The Morgan fingerprint density at radius 2 is 1.64 bits per heavy atom. The van der Waals surface area contributed by atoms with Crippen LogP contribution in [0, 0.1) is 0 Å². The van der Waals surface area contributed by atoms with Crippen LogP contribution >= 0.6 is 0 Å². The normalized spacial score (nSPS) is 15.4. The molecular formula is C4H10O8S2. The van der Waals surface area contributed by atoms with Crippen LogP contribution in [0.15, 0.2) is 0 Å². The second-order valence-corrected chi connectivity index (χ2v) is 4.51. The summed E-state index contributed by atoms with van der Waals surface area (Å²) >= 11 is 0. The average molecular weight is 250 g/mol. The third kappa shape index (κ3) is 9.83. The van der Waals surface area contributed by atoms with Gasteiger partial charge in [-0.3, -0.25) is 9.11 Å². The molecule has 0 aromatic carbocycles. The first kappa shape index (κ1) is 13.7. The first-order valence-corrected chi connectivity index (χ1v) is 6.11. The highest BCUT2D eigenvalue weighted by Crippen LogP contribution is 2.02. The molecule has 0 aliphatic rings. The molecule has 0 amide bonds. The molecule has 0 heterocycles. The molecule has 0 aromatic rings. The minimum Gasteiger partial charge on any atom is -0.264 e. The predicted octanol–water partition coefficient (Wildman–Crippen LogP) is -0.596. The molecule has 0 saturated heterocycles. The van der Waals surface area contributed by atoms with Crippen molar-refractivity contribution in [3.8, 4) is 0 Å². The van der Waals surface area contributed by atoms with Gasteiger partial charge in [-0.05, 0) is 13.3 Å². The van der Waals surface area contributed by atoms with Crippen molar-refractivity contribution in [1.82, 2.24) is 0 Å². The van der Waals surface area contributed by atoms with E-state index in [1.165, 1.54) is 6.92 Å². The molecule has 86 valence electrons. The van der Waals surface area contributed by atoms with Crippen LogP contribution in [-0.4, -0.2) is 38.7 Å². The van der Waals surface area contributed by atoms with Crippen molar-refractivity contribution in [3.05, 3.63) is 0 Å². The molecule has 0 fully saturated rings. The van der Waals surface area contributed by atoms with Gasteiger partial charge in [-0.25, -0.2) is 8.37 Å². The van der Waals surface area contributed by atoms with Crippen molar-refractivity contribution >= 4 is 20.8 Å². The van der Waals surface area contributed by atoms with Gasteiger partial charge in [-0.1, -0.05) is 0 Å². The molecule has 0 spiro atoms. The lowest BCUT2D eigenvalue weighted by molar-refractivity contribution is 0.160. The van der Waals surface area contributed by atoms with Crippen molar-refractivity contribution in [3.63, 3.8) is 0 Å². The summed E-state index contributed by atoms with van der Waals surface area (Å²) in [4.78, 5) is 0. The van der Waals surface area contributed by atoms with E-state index < -0.39 is 33.5 Å². The minimum absolute atomic E-state index is 0.125. The Morgan fingerprint density at radius 3 is 2.00 bits per heavy atom. The second-order valence-electron chi connectivity index (χ2n) is 2.37. The topological polar surface area (TPSA) is 127 Å². The SMILES string of the molecule is CC(CCOS(=O)(=O)O)OS(=O)(=O)O. The van der Waals surface area contributed by atoms with Gasteiger partial charge in [0.2, 0.25) is 0 Å². The molecule has 0 saturated carbocycles. The van der Waals surface area contributed by atoms with Crippen LogP contribution in [0.5, 0.6) is 0 Å². The average Bonchev–Trinajstić information content (AvgIpc) is 1.78. The summed E-state index contributed by atoms with van der Waals surface area (Å²) in [5, 5.41) is 0. The van der Waals surface area contributed by atoms with Crippen LogP contribution in [0.2, 0.25) is 0 Å². The summed E-state index contributed by atoms with van der Waals surface area (Å²) < 4.78 is 64.5. The van der Waals surface area contributed by atoms with Crippen molar-refractivity contribution in [2.24, 2.45) is 0 Å². The van der Waals surface area contributed by atoms with Crippen LogP contribution in [-0.2, 0) is 29.2 Å². The van der Waals surface area contributed by atoms with Gasteiger partial charge in [0.05, 0.1) is 12.7 Å². The van der Waals surface area contributed by atoms with Gasteiger partial charge in [0.25, 0.3) is 0 Å². The predicted molar refractivity (Wildman–Crippen MR) is 44.2 cm³/mol. The van der Waals surface area contributed by atoms with Crippen LogP contribution in [0.1, 0.15) is 13.3 Å². The van der Waals surface area contributed by atoms with Gasteiger partial charge < -0.3 is 0 Å². The van der Waals surface area contributed by atoms with Gasteiger partial charge in [0.15, 0.2) is 0 Å². The highest BCUT2D eigenvalue weighted by atomic mass is 32.3. The van der Waals surface area contributed by atoms with Crippen LogP contribution in [0.3, 0.4) is 0 Å². The zero-order valence-corrected chi connectivity index (χ0v) is 8.78.